The van der Waals surface area contributed by atoms with Gasteiger partial charge in [0.05, 0.1) is 18.0 Å². The molecule has 0 spiro atoms. The Hall–Kier alpha value is -2.44. The molecule has 0 aliphatic carbocycles. The molecule has 0 aromatic carbocycles. The van der Waals surface area contributed by atoms with Crippen LogP contribution in [0.25, 0.3) is 0 Å². The molecule has 1 saturated heterocycles. The van der Waals surface area contributed by atoms with Gasteiger partial charge in [-0.2, -0.15) is 5.10 Å². The first-order valence-corrected chi connectivity index (χ1v) is 7.99. The Balaban J connectivity index is 1.53. The fourth-order valence-corrected chi connectivity index (χ4v) is 2.71. The lowest BCUT2D eigenvalue weighted by Crippen LogP contribution is -2.44. The second-order valence-electron chi connectivity index (χ2n) is 6.10. The number of aromatic nitrogens is 4. The Morgan fingerprint density at radius 3 is 2.65 bits per heavy atom. The minimum Gasteiger partial charge on any atom is -0.355 e. The van der Waals surface area contributed by atoms with Gasteiger partial charge in [-0.25, -0.2) is 4.98 Å². The van der Waals surface area contributed by atoms with Crippen LogP contribution in [0.15, 0.2) is 31.0 Å². The zero-order valence-corrected chi connectivity index (χ0v) is 13.5. The van der Waals surface area contributed by atoms with E-state index < -0.39 is 0 Å². The maximum absolute atomic E-state index is 12.3. The van der Waals surface area contributed by atoms with E-state index in [1.165, 1.54) is 0 Å². The molecule has 1 amide bonds. The zero-order valence-electron chi connectivity index (χ0n) is 13.5. The Morgan fingerprint density at radius 1 is 1.26 bits per heavy atom. The number of carbonyl (C=O) groups is 1. The van der Waals surface area contributed by atoms with Crippen molar-refractivity contribution in [1.82, 2.24) is 25.1 Å². The number of amides is 1. The van der Waals surface area contributed by atoms with Crippen LogP contribution in [0, 0.1) is 0 Å². The molecule has 0 radical (unpaired) electrons. The Morgan fingerprint density at radius 2 is 2.04 bits per heavy atom. The highest BCUT2D eigenvalue weighted by Crippen LogP contribution is 2.17. The van der Waals surface area contributed by atoms with Gasteiger partial charge in [0, 0.05) is 43.8 Å². The van der Waals surface area contributed by atoms with Gasteiger partial charge in [0.1, 0.15) is 5.82 Å². The maximum Gasteiger partial charge on any atom is 0.254 e. The van der Waals surface area contributed by atoms with Crippen molar-refractivity contribution >= 4 is 11.7 Å². The lowest BCUT2D eigenvalue weighted by molar-refractivity contribution is 0.0931. The topological polar surface area (TPSA) is 75.9 Å². The number of piperidine rings is 1. The Bertz CT molecular complexity index is 646. The first-order valence-electron chi connectivity index (χ1n) is 7.99. The summed E-state index contributed by atoms with van der Waals surface area (Å²) in [7, 11) is 0. The molecule has 1 N–H and O–H groups in total. The van der Waals surface area contributed by atoms with E-state index in [2.05, 4.69) is 25.3 Å². The number of rotatable bonds is 4. The van der Waals surface area contributed by atoms with Gasteiger partial charge in [0.2, 0.25) is 0 Å². The molecule has 0 bridgehead atoms. The summed E-state index contributed by atoms with van der Waals surface area (Å²) in [5.41, 5.74) is 0.620. The summed E-state index contributed by atoms with van der Waals surface area (Å²) in [6.07, 6.45) is 10.4. The van der Waals surface area contributed by atoms with Crippen LogP contribution in [0.2, 0.25) is 0 Å². The van der Waals surface area contributed by atoms with Crippen molar-refractivity contribution < 1.29 is 4.79 Å². The van der Waals surface area contributed by atoms with Crippen LogP contribution in [-0.2, 0) is 0 Å². The van der Waals surface area contributed by atoms with Crippen molar-refractivity contribution in [2.45, 2.75) is 38.8 Å². The van der Waals surface area contributed by atoms with Crippen LogP contribution in [0.4, 0.5) is 5.82 Å². The molecule has 1 aliphatic rings. The average molecular weight is 314 g/mol. The minimum atomic E-state index is -0.0464. The fourth-order valence-electron chi connectivity index (χ4n) is 2.71. The zero-order chi connectivity index (χ0) is 16.2. The van der Waals surface area contributed by atoms with E-state index in [9.17, 15) is 4.79 Å². The van der Waals surface area contributed by atoms with Gasteiger partial charge in [0.15, 0.2) is 0 Å². The first-order chi connectivity index (χ1) is 11.1. The predicted molar refractivity (Wildman–Crippen MR) is 87.3 cm³/mol. The number of nitrogens with zero attached hydrogens (tertiary/aromatic N) is 5. The molecule has 2 aromatic rings. The number of nitrogens with one attached hydrogen (secondary N) is 1. The van der Waals surface area contributed by atoms with Crippen LogP contribution in [0.1, 0.15) is 43.1 Å². The van der Waals surface area contributed by atoms with Crippen molar-refractivity contribution in [3.63, 3.8) is 0 Å². The average Bonchev–Trinajstić information content (AvgIpc) is 3.07. The molecule has 7 nitrogen and oxygen atoms in total. The van der Waals surface area contributed by atoms with Crippen LogP contribution >= 0.6 is 0 Å². The quantitative estimate of drug-likeness (QED) is 0.928. The van der Waals surface area contributed by atoms with Gasteiger partial charge < -0.3 is 10.2 Å². The molecule has 3 rings (SSSR count). The van der Waals surface area contributed by atoms with Gasteiger partial charge in [-0.3, -0.25) is 14.5 Å². The minimum absolute atomic E-state index is 0.0464. The smallest absolute Gasteiger partial charge is 0.254 e. The van der Waals surface area contributed by atoms with E-state index in [1.54, 1.807) is 35.7 Å². The molecule has 122 valence electrons. The summed E-state index contributed by atoms with van der Waals surface area (Å²) in [6.45, 7) is 5.82. The number of hydrogen-bond acceptors (Lipinski definition) is 5. The third kappa shape index (κ3) is 3.67. The molecular formula is C16H22N6O. The lowest BCUT2D eigenvalue weighted by Gasteiger charge is -2.32. The predicted octanol–water partition coefficient (Wildman–Crippen LogP) is 1.65. The molecule has 0 saturated carbocycles. The normalized spacial score (nSPS) is 15.9. The van der Waals surface area contributed by atoms with E-state index in [-0.39, 0.29) is 18.0 Å². The molecule has 1 fully saturated rings. The number of anilines is 1. The number of hydrogen-bond donors (Lipinski definition) is 1. The van der Waals surface area contributed by atoms with Gasteiger partial charge >= 0.3 is 0 Å². The van der Waals surface area contributed by atoms with Crippen LogP contribution in [-0.4, -0.2) is 44.8 Å². The van der Waals surface area contributed by atoms with Gasteiger partial charge in [-0.05, 0) is 26.7 Å². The van der Waals surface area contributed by atoms with E-state index >= 15 is 0 Å². The SMILES string of the molecule is CC(C)n1cc(C(=O)NC2CCN(c3cnccn3)CC2)cn1. The molecule has 3 heterocycles. The van der Waals surface area contributed by atoms with Gasteiger partial charge in [0.25, 0.3) is 5.91 Å². The van der Waals surface area contributed by atoms with Crippen LogP contribution < -0.4 is 10.2 Å². The molecule has 0 unspecified atom stereocenters. The summed E-state index contributed by atoms with van der Waals surface area (Å²) in [5, 5.41) is 7.32. The van der Waals surface area contributed by atoms with E-state index in [4.69, 9.17) is 0 Å². The highest BCUT2D eigenvalue weighted by molar-refractivity contribution is 5.93. The second kappa shape index (κ2) is 6.76. The number of carbonyl (C=O) groups excluding carboxylic acids is 1. The van der Waals surface area contributed by atoms with Crippen molar-refractivity contribution in [3.8, 4) is 0 Å². The van der Waals surface area contributed by atoms with E-state index in [1.807, 2.05) is 13.8 Å². The third-order valence-corrected chi connectivity index (χ3v) is 4.10. The van der Waals surface area contributed by atoms with Crippen molar-refractivity contribution in [3.05, 3.63) is 36.5 Å². The maximum atomic E-state index is 12.3. The van der Waals surface area contributed by atoms with Crippen LogP contribution in [0.3, 0.4) is 0 Å². The van der Waals surface area contributed by atoms with E-state index in [0.29, 0.717) is 5.56 Å². The van der Waals surface area contributed by atoms with Crippen molar-refractivity contribution in [1.29, 1.82) is 0 Å². The summed E-state index contributed by atoms with van der Waals surface area (Å²) < 4.78 is 1.80. The largest absolute Gasteiger partial charge is 0.355 e. The standard InChI is InChI=1S/C16H22N6O/c1-12(2)22-11-13(9-19-22)16(23)20-14-3-7-21(8-4-14)15-10-17-5-6-18-15/h5-6,9-12,14H,3-4,7-8H2,1-2H3,(H,20,23). The Labute approximate surface area is 135 Å². The van der Waals surface area contributed by atoms with Crippen LogP contribution in [0.5, 0.6) is 0 Å². The van der Waals surface area contributed by atoms with E-state index in [0.717, 1.165) is 31.7 Å². The fraction of sp³-hybridized carbons (Fsp3) is 0.500. The summed E-state index contributed by atoms with van der Waals surface area (Å²) in [4.78, 5) is 22.9. The first kappa shape index (κ1) is 15.5. The molecule has 0 atom stereocenters. The monoisotopic (exact) mass is 314 g/mol. The second-order valence-corrected chi connectivity index (χ2v) is 6.10. The summed E-state index contributed by atoms with van der Waals surface area (Å²) >= 11 is 0. The Kier molecular flexibility index (Phi) is 4.55. The van der Waals surface area contributed by atoms with Gasteiger partial charge in [-0.15, -0.1) is 0 Å². The molecule has 2 aromatic heterocycles. The van der Waals surface area contributed by atoms with Gasteiger partial charge in [-0.1, -0.05) is 0 Å². The third-order valence-electron chi connectivity index (χ3n) is 4.10. The molecule has 7 heteroatoms. The summed E-state index contributed by atoms with van der Waals surface area (Å²) in [5.74, 6) is 0.852. The van der Waals surface area contributed by atoms with Crippen molar-refractivity contribution in [2.24, 2.45) is 0 Å². The molecule has 1 aliphatic heterocycles. The molecule has 23 heavy (non-hydrogen) atoms. The molecular weight excluding hydrogens is 292 g/mol. The highest BCUT2D eigenvalue weighted by Gasteiger charge is 2.22. The lowest BCUT2D eigenvalue weighted by atomic mass is 10.0. The van der Waals surface area contributed by atoms with Crippen molar-refractivity contribution in [2.75, 3.05) is 18.0 Å². The highest BCUT2D eigenvalue weighted by atomic mass is 16.1. The summed E-state index contributed by atoms with van der Waals surface area (Å²) in [6, 6.07) is 0.449.